The highest BCUT2D eigenvalue weighted by Gasteiger charge is 2.01. The van der Waals surface area contributed by atoms with Gasteiger partial charge in [0, 0.05) is 18.7 Å². The van der Waals surface area contributed by atoms with Gasteiger partial charge >= 0.3 is 0 Å². The van der Waals surface area contributed by atoms with E-state index in [0.717, 1.165) is 44.4 Å². The fourth-order valence-electron chi connectivity index (χ4n) is 2.53. The zero-order valence-electron chi connectivity index (χ0n) is 13.6. The summed E-state index contributed by atoms with van der Waals surface area (Å²) in [5.41, 5.74) is 0. The minimum atomic E-state index is 0.471. The fraction of sp³-hybridized carbons (Fsp3) is 0.944. The van der Waals surface area contributed by atoms with Crippen LogP contribution in [0.4, 0.5) is 0 Å². The Morgan fingerprint density at radius 3 is 1.50 bits per heavy atom. The maximum absolute atomic E-state index is 11.7. The zero-order valence-corrected chi connectivity index (χ0v) is 14.4. The van der Waals surface area contributed by atoms with Crippen molar-refractivity contribution in [1.29, 1.82) is 0 Å². The van der Waals surface area contributed by atoms with Crippen LogP contribution in [0.25, 0.3) is 0 Å². The van der Waals surface area contributed by atoms with Gasteiger partial charge in [-0.1, -0.05) is 71.1 Å². The predicted octanol–water partition coefficient (Wildman–Crippen LogP) is 6.67. The number of halogens is 1. The van der Waals surface area contributed by atoms with Gasteiger partial charge in [-0.05, 0) is 19.3 Å². The number of carbonyl (C=O) groups excluding carboxylic acids is 1. The number of rotatable bonds is 16. The van der Waals surface area contributed by atoms with Crippen LogP contribution < -0.4 is 0 Å². The molecule has 0 heterocycles. The average Bonchev–Trinajstić information content (AvgIpc) is 2.45. The van der Waals surface area contributed by atoms with Gasteiger partial charge in [-0.2, -0.15) is 0 Å². The molecule has 0 unspecified atom stereocenters. The topological polar surface area (TPSA) is 17.1 Å². The molecule has 0 bridgehead atoms. The molecule has 0 atom stereocenters. The number of carbonyl (C=O) groups is 1. The molecule has 0 saturated carbocycles. The summed E-state index contributed by atoms with van der Waals surface area (Å²) in [5, 5.41) is 0. The molecule has 0 aliphatic carbocycles. The number of alkyl halides is 1. The van der Waals surface area contributed by atoms with E-state index in [9.17, 15) is 4.79 Å². The zero-order chi connectivity index (χ0) is 14.9. The normalized spacial score (nSPS) is 10.9. The third kappa shape index (κ3) is 16.0. The highest BCUT2D eigenvalue weighted by atomic mass is 35.5. The molecule has 0 saturated heterocycles. The molecular weight excluding hydrogens is 268 g/mol. The molecule has 0 N–H and O–H groups in total. The van der Waals surface area contributed by atoms with E-state index in [1.165, 1.54) is 57.8 Å². The summed E-state index contributed by atoms with van der Waals surface area (Å²) in [7, 11) is 0. The van der Waals surface area contributed by atoms with Crippen molar-refractivity contribution in [1.82, 2.24) is 0 Å². The molecular formula is C18H35ClO. The van der Waals surface area contributed by atoms with Crippen LogP contribution in [0.2, 0.25) is 0 Å². The summed E-state index contributed by atoms with van der Waals surface area (Å²) >= 11 is 5.62. The van der Waals surface area contributed by atoms with Gasteiger partial charge in [-0.3, -0.25) is 4.79 Å². The summed E-state index contributed by atoms with van der Waals surface area (Å²) in [4.78, 5) is 11.7. The Kier molecular flexibility index (Phi) is 17.0. The number of hydrogen-bond acceptors (Lipinski definition) is 1. The van der Waals surface area contributed by atoms with E-state index in [-0.39, 0.29) is 0 Å². The number of ketones is 1. The average molecular weight is 303 g/mol. The molecule has 1 nitrogen and oxygen atoms in total. The van der Waals surface area contributed by atoms with Crippen molar-refractivity contribution >= 4 is 17.4 Å². The van der Waals surface area contributed by atoms with E-state index in [1.54, 1.807) is 0 Å². The number of hydrogen-bond donors (Lipinski definition) is 0. The van der Waals surface area contributed by atoms with Crippen LogP contribution in [0.15, 0.2) is 0 Å². The van der Waals surface area contributed by atoms with E-state index in [4.69, 9.17) is 11.6 Å². The SMILES string of the molecule is CCCCCCCCCCCC(=O)CCCCCCCl. The first-order valence-corrected chi connectivity index (χ1v) is 9.42. The van der Waals surface area contributed by atoms with E-state index in [0.29, 0.717) is 5.78 Å². The largest absolute Gasteiger partial charge is 0.300 e. The lowest BCUT2D eigenvalue weighted by molar-refractivity contribution is -0.119. The third-order valence-electron chi connectivity index (χ3n) is 3.90. The first kappa shape index (κ1) is 20.0. The van der Waals surface area contributed by atoms with Crippen molar-refractivity contribution in [3.63, 3.8) is 0 Å². The smallest absolute Gasteiger partial charge is 0.132 e. The molecule has 0 aromatic rings. The third-order valence-corrected chi connectivity index (χ3v) is 4.17. The van der Waals surface area contributed by atoms with Gasteiger partial charge in [0.15, 0.2) is 0 Å². The molecule has 0 amide bonds. The molecule has 2 heteroatoms. The predicted molar refractivity (Wildman–Crippen MR) is 90.7 cm³/mol. The van der Waals surface area contributed by atoms with E-state index < -0.39 is 0 Å². The van der Waals surface area contributed by atoms with E-state index in [1.807, 2.05) is 0 Å². The fourth-order valence-corrected chi connectivity index (χ4v) is 2.72. The van der Waals surface area contributed by atoms with Crippen LogP contribution in [0.1, 0.15) is 103 Å². The molecule has 20 heavy (non-hydrogen) atoms. The van der Waals surface area contributed by atoms with E-state index >= 15 is 0 Å². The number of Topliss-reactive ketones (excluding diaryl/α,β-unsaturated/α-hetero) is 1. The molecule has 0 rings (SSSR count). The molecule has 0 aromatic carbocycles. The molecule has 0 aliphatic rings. The molecule has 0 radical (unpaired) electrons. The minimum absolute atomic E-state index is 0.471. The second-order valence-electron chi connectivity index (χ2n) is 5.97. The van der Waals surface area contributed by atoms with Crippen LogP contribution in [0.5, 0.6) is 0 Å². The Hall–Kier alpha value is -0.0400. The Morgan fingerprint density at radius 1 is 0.650 bits per heavy atom. The lowest BCUT2D eigenvalue weighted by atomic mass is 10.0. The Bertz CT molecular complexity index is 204. The highest BCUT2D eigenvalue weighted by Crippen LogP contribution is 2.12. The summed E-state index contributed by atoms with van der Waals surface area (Å²) in [6.45, 7) is 2.26. The van der Waals surface area contributed by atoms with Crippen molar-refractivity contribution in [2.75, 3.05) is 5.88 Å². The van der Waals surface area contributed by atoms with Gasteiger partial charge in [-0.25, -0.2) is 0 Å². The Morgan fingerprint density at radius 2 is 1.05 bits per heavy atom. The van der Waals surface area contributed by atoms with Gasteiger partial charge < -0.3 is 0 Å². The molecule has 120 valence electrons. The summed E-state index contributed by atoms with van der Waals surface area (Å²) in [5.74, 6) is 1.23. The van der Waals surface area contributed by atoms with Gasteiger partial charge in [0.1, 0.15) is 5.78 Å². The maximum Gasteiger partial charge on any atom is 0.132 e. The van der Waals surface area contributed by atoms with Crippen LogP contribution in [-0.2, 0) is 4.79 Å². The quantitative estimate of drug-likeness (QED) is 0.230. The van der Waals surface area contributed by atoms with Crippen molar-refractivity contribution in [2.45, 2.75) is 103 Å². The lowest BCUT2D eigenvalue weighted by Gasteiger charge is -2.03. The van der Waals surface area contributed by atoms with Crippen molar-refractivity contribution in [2.24, 2.45) is 0 Å². The summed E-state index contributed by atoms with van der Waals surface area (Å²) in [6.07, 6.45) is 18.0. The first-order chi connectivity index (χ1) is 9.81. The Labute approximate surface area is 131 Å². The van der Waals surface area contributed by atoms with Gasteiger partial charge in [0.05, 0.1) is 0 Å². The minimum Gasteiger partial charge on any atom is -0.300 e. The Balaban J connectivity index is 3.11. The number of unbranched alkanes of at least 4 members (excludes halogenated alkanes) is 11. The van der Waals surface area contributed by atoms with Crippen LogP contribution in [-0.4, -0.2) is 11.7 Å². The van der Waals surface area contributed by atoms with Gasteiger partial charge in [0.2, 0.25) is 0 Å². The van der Waals surface area contributed by atoms with Gasteiger partial charge in [0.25, 0.3) is 0 Å². The van der Waals surface area contributed by atoms with Crippen LogP contribution >= 0.6 is 11.6 Å². The second kappa shape index (κ2) is 17.0. The summed E-state index contributed by atoms with van der Waals surface area (Å²) < 4.78 is 0. The molecule has 0 fully saturated rings. The summed E-state index contributed by atoms with van der Waals surface area (Å²) in [6, 6.07) is 0. The molecule has 0 aliphatic heterocycles. The van der Waals surface area contributed by atoms with Crippen molar-refractivity contribution in [3.8, 4) is 0 Å². The van der Waals surface area contributed by atoms with E-state index in [2.05, 4.69) is 6.92 Å². The van der Waals surface area contributed by atoms with Crippen molar-refractivity contribution in [3.05, 3.63) is 0 Å². The standard InChI is InChI=1S/C18H35ClO/c1-2-3-4-5-6-7-8-9-12-15-18(20)16-13-10-11-14-17-19/h2-17H2,1H3. The van der Waals surface area contributed by atoms with Crippen molar-refractivity contribution < 1.29 is 4.79 Å². The van der Waals surface area contributed by atoms with Gasteiger partial charge in [-0.15, -0.1) is 11.6 Å². The van der Waals surface area contributed by atoms with Crippen LogP contribution in [0, 0.1) is 0 Å². The van der Waals surface area contributed by atoms with Crippen LogP contribution in [0.3, 0.4) is 0 Å². The molecule has 0 spiro atoms. The monoisotopic (exact) mass is 302 g/mol. The second-order valence-corrected chi connectivity index (χ2v) is 6.35. The first-order valence-electron chi connectivity index (χ1n) is 8.89. The lowest BCUT2D eigenvalue weighted by Crippen LogP contribution is -1.97. The molecule has 0 aromatic heterocycles. The maximum atomic E-state index is 11.7. The highest BCUT2D eigenvalue weighted by molar-refractivity contribution is 6.17.